The summed E-state index contributed by atoms with van der Waals surface area (Å²) < 4.78 is 2.01. The average molecular weight is 394 g/mol. The number of benzene rings is 2. The molecule has 2 aromatic carbocycles. The van der Waals surface area contributed by atoms with E-state index >= 15 is 0 Å². The van der Waals surface area contributed by atoms with E-state index < -0.39 is 0 Å². The van der Waals surface area contributed by atoms with Gasteiger partial charge in [0.25, 0.3) is 0 Å². The third kappa shape index (κ3) is 3.74. The van der Waals surface area contributed by atoms with E-state index in [0.29, 0.717) is 10.2 Å². The van der Waals surface area contributed by atoms with Crippen LogP contribution in [-0.2, 0) is 4.79 Å². The third-order valence-electron chi connectivity index (χ3n) is 2.86. The molecule has 0 unspecified atom stereocenters. The predicted molar refractivity (Wildman–Crippen MR) is 96.4 cm³/mol. The number of hydrogen-bond donors (Lipinski definition) is 1. The van der Waals surface area contributed by atoms with Gasteiger partial charge in [0.15, 0.2) is 5.13 Å². The zero-order chi connectivity index (χ0) is 15.5. The Hall–Kier alpha value is -1.69. The largest absolute Gasteiger partial charge is 0.298 e. The van der Waals surface area contributed by atoms with Crippen molar-refractivity contribution >= 4 is 66.2 Å². The number of carbonyl (C=O) groups is 1. The van der Waals surface area contributed by atoms with Crippen molar-refractivity contribution in [1.29, 1.82) is 0 Å². The minimum atomic E-state index is -0.224. The normalized spacial score (nSPS) is 11.2. The van der Waals surface area contributed by atoms with E-state index in [1.807, 2.05) is 30.3 Å². The molecule has 0 aliphatic rings. The molecule has 0 aliphatic heterocycles. The van der Waals surface area contributed by atoms with E-state index in [1.165, 1.54) is 17.4 Å². The van der Waals surface area contributed by atoms with Crippen LogP contribution in [0.3, 0.4) is 0 Å². The Kier molecular flexibility index (Phi) is 4.57. The lowest BCUT2D eigenvalue weighted by Gasteiger charge is -1.96. The fourth-order valence-electron chi connectivity index (χ4n) is 1.88. The van der Waals surface area contributed by atoms with Crippen molar-refractivity contribution in [2.45, 2.75) is 0 Å². The fourth-order valence-corrected chi connectivity index (χ4v) is 3.50. The maximum absolute atomic E-state index is 11.9. The number of nitrogens with zero attached hydrogens (tertiary/aromatic N) is 1. The van der Waals surface area contributed by atoms with E-state index in [9.17, 15) is 4.79 Å². The molecule has 0 bridgehead atoms. The Morgan fingerprint density at radius 2 is 2.14 bits per heavy atom. The van der Waals surface area contributed by atoms with Crippen molar-refractivity contribution in [2.75, 3.05) is 5.32 Å². The molecule has 3 aromatic rings. The molecule has 1 amide bonds. The summed E-state index contributed by atoms with van der Waals surface area (Å²) in [7, 11) is 0. The molecule has 6 heteroatoms. The lowest BCUT2D eigenvalue weighted by molar-refractivity contribution is -0.111. The van der Waals surface area contributed by atoms with Gasteiger partial charge in [-0.05, 0) is 42.0 Å². The average Bonchev–Trinajstić information content (AvgIpc) is 2.86. The van der Waals surface area contributed by atoms with E-state index in [-0.39, 0.29) is 5.91 Å². The van der Waals surface area contributed by atoms with Gasteiger partial charge in [0.1, 0.15) is 0 Å². The van der Waals surface area contributed by atoms with Gasteiger partial charge in [-0.1, -0.05) is 51.0 Å². The maximum atomic E-state index is 11.9. The molecule has 0 spiro atoms. The summed E-state index contributed by atoms with van der Waals surface area (Å²) in [5.41, 5.74) is 1.73. The second-order valence-corrected chi connectivity index (χ2v) is 6.89. The first-order chi connectivity index (χ1) is 10.6. The van der Waals surface area contributed by atoms with Crippen molar-refractivity contribution in [1.82, 2.24) is 4.98 Å². The van der Waals surface area contributed by atoms with Crippen LogP contribution in [0.25, 0.3) is 16.3 Å². The molecular weight excluding hydrogens is 384 g/mol. The van der Waals surface area contributed by atoms with Crippen LogP contribution in [0.2, 0.25) is 5.02 Å². The number of rotatable bonds is 3. The summed E-state index contributed by atoms with van der Waals surface area (Å²) in [6.07, 6.45) is 3.18. The van der Waals surface area contributed by atoms with Gasteiger partial charge < -0.3 is 0 Å². The number of thiazole rings is 1. The van der Waals surface area contributed by atoms with Gasteiger partial charge in [-0.25, -0.2) is 4.98 Å². The van der Waals surface area contributed by atoms with Crippen molar-refractivity contribution in [3.05, 3.63) is 63.6 Å². The molecule has 1 heterocycles. The van der Waals surface area contributed by atoms with Gasteiger partial charge in [-0.15, -0.1) is 0 Å². The highest BCUT2D eigenvalue weighted by molar-refractivity contribution is 9.10. The first-order valence-electron chi connectivity index (χ1n) is 6.41. The van der Waals surface area contributed by atoms with Crippen LogP contribution in [0.15, 0.2) is 53.0 Å². The first kappa shape index (κ1) is 15.2. The zero-order valence-corrected chi connectivity index (χ0v) is 14.4. The highest BCUT2D eigenvalue weighted by Gasteiger charge is 2.06. The first-order valence-corrected chi connectivity index (χ1v) is 8.40. The number of halogens is 2. The van der Waals surface area contributed by atoms with Gasteiger partial charge in [0, 0.05) is 15.6 Å². The van der Waals surface area contributed by atoms with Crippen LogP contribution < -0.4 is 5.32 Å². The molecule has 0 atom stereocenters. The summed E-state index contributed by atoms with van der Waals surface area (Å²) in [6, 6.07) is 13.1. The minimum Gasteiger partial charge on any atom is -0.298 e. The molecule has 0 radical (unpaired) electrons. The van der Waals surface area contributed by atoms with Gasteiger partial charge in [0.2, 0.25) is 5.91 Å². The van der Waals surface area contributed by atoms with Crippen LogP contribution in [0.5, 0.6) is 0 Å². The molecule has 0 aliphatic carbocycles. The molecule has 22 heavy (non-hydrogen) atoms. The standard InChI is InChI=1S/C16H10BrClN2OS/c17-11-5-6-13-14(9-11)22-16(19-13)20-15(21)7-4-10-2-1-3-12(18)8-10/h1-9H,(H,19,20,21)/b7-4+. The van der Waals surface area contributed by atoms with Gasteiger partial charge >= 0.3 is 0 Å². The van der Waals surface area contributed by atoms with E-state index in [1.54, 1.807) is 18.2 Å². The third-order valence-corrected chi connectivity index (χ3v) is 4.52. The Balaban J connectivity index is 1.72. The van der Waals surface area contributed by atoms with Crippen molar-refractivity contribution in [2.24, 2.45) is 0 Å². The number of anilines is 1. The lowest BCUT2D eigenvalue weighted by Crippen LogP contribution is -2.07. The van der Waals surface area contributed by atoms with Gasteiger partial charge in [0.05, 0.1) is 10.2 Å². The van der Waals surface area contributed by atoms with Gasteiger partial charge in [-0.3, -0.25) is 10.1 Å². The van der Waals surface area contributed by atoms with Gasteiger partial charge in [-0.2, -0.15) is 0 Å². The van der Waals surface area contributed by atoms with E-state index in [4.69, 9.17) is 11.6 Å². The fraction of sp³-hybridized carbons (Fsp3) is 0. The number of hydrogen-bond acceptors (Lipinski definition) is 3. The SMILES string of the molecule is O=C(/C=C/c1cccc(Cl)c1)Nc1nc2ccc(Br)cc2s1. The van der Waals surface area contributed by atoms with E-state index in [0.717, 1.165) is 20.3 Å². The predicted octanol–water partition coefficient (Wildman–Crippen LogP) is 5.36. The zero-order valence-electron chi connectivity index (χ0n) is 11.2. The summed E-state index contributed by atoms with van der Waals surface area (Å²) in [5.74, 6) is -0.224. The summed E-state index contributed by atoms with van der Waals surface area (Å²) in [4.78, 5) is 16.3. The van der Waals surface area contributed by atoms with Crippen LogP contribution in [-0.4, -0.2) is 10.9 Å². The number of aromatic nitrogens is 1. The molecule has 0 saturated carbocycles. The van der Waals surface area contributed by atoms with Crippen LogP contribution in [0.4, 0.5) is 5.13 Å². The minimum absolute atomic E-state index is 0.224. The Morgan fingerprint density at radius 1 is 1.27 bits per heavy atom. The summed E-state index contributed by atoms with van der Waals surface area (Å²) in [5, 5.41) is 3.98. The topological polar surface area (TPSA) is 42.0 Å². The van der Waals surface area contributed by atoms with Crippen molar-refractivity contribution in [3.63, 3.8) is 0 Å². The van der Waals surface area contributed by atoms with Crippen LogP contribution in [0.1, 0.15) is 5.56 Å². The molecule has 1 aromatic heterocycles. The monoisotopic (exact) mass is 392 g/mol. The number of nitrogens with one attached hydrogen (secondary N) is 1. The van der Waals surface area contributed by atoms with Crippen molar-refractivity contribution < 1.29 is 4.79 Å². The quantitative estimate of drug-likeness (QED) is 0.608. The smallest absolute Gasteiger partial charge is 0.250 e. The number of carbonyl (C=O) groups excluding carboxylic acids is 1. The highest BCUT2D eigenvalue weighted by Crippen LogP contribution is 2.28. The van der Waals surface area contributed by atoms with Crippen LogP contribution in [0, 0.1) is 0 Å². The maximum Gasteiger partial charge on any atom is 0.250 e. The Morgan fingerprint density at radius 3 is 2.95 bits per heavy atom. The lowest BCUT2D eigenvalue weighted by atomic mass is 10.2. The van der Waals surface area contributed by atoms with Crippen LogP contribution >= 0.6 is 38.9 Å². The molecular formula is C16H10BrClN2OS. The second kappa shape index (κ2) is 6.60. The molecule has 3 rings (SSSR count). The second-order valence-electron chi connectivity index (χ2n) is 4.51. The van der Waals surface area contributed by atoms with Crippen molar-refractivity contribution in [3.8, 4) is 0 Å². The molecule has 1 N–H and O–H groups in total. The molecule has 3 nitrogen and oxygen atoms in total. The molecule has 0 fully saturated rings. The summed E-state index contributed by atoms with van der Waals surface area (Å²) >= 11 is 10.8. The molecule has 110 valence electrons. The Bertz CT molecular complexity index is 875. The molecule has 0 saturated heterocycles. The Labute approximate surface area is 144 Å². The highest BCUT2D eigenvalue weighted by atomic mass is 79.9. The summed E-state index contributed by atoms with van der Waals surface area (Å²) in [6.45, 7) is 0. The van der Waals surface area contributed by atoms with E-state index in [2.05, 4.69) is 26.2 Å². The number of fused-ring (bicyclic) bond motifs is 1. The number of amides is 1.